The highest BCUT2D eigenvalue weighted by Gasteiger charge is 2.43. The second-order valence-electron chi connectivity index (χ2n) is 5.23. The Kier molecular flexibility index (Phi) is 3.81. The normalized spacial score (nSPS) is 18.4. The molecule has 1 rings (SSSR count). The average Bonchev–Trinajstić information content (AvgIpc) is 2.21. The van der Waals surface area contributed by atoms with Gasteiger partial charge in [-0.2, -0.15) is 0 Å². The van der Waals surface area contributed by atoms with Crippen LogP contribution in [0.25, 0.3) is 0 Å². The number of methoxy groups -OCH3 is 1. The summed E-state index contributed by atoms with van der Waals surface area (Å²) in [6.07, 6.45) is 3.07. The molecule has 1 aliphatic rings. The third-order valence-electron chi connectivity index (χ3n) is 3.91. The van der Waals surface area contributed by atoms with E-state index < -0.39 is 11.5 Å². The predicted molar refractivity (Wildman–Crippen MR) is 62.7 cm³/mol. The van der Waals surface area contributed by atoms with Crippen molar-refractivity contribution in [2.45, 2.75) is 50.7 Å². The Labute approximate surface area is 102 Å². The zero-order valence-corrected chi connectivity index (χ0v) is 10.9. The van der Waals surface area contributed by atoms with Gasteiger partial charge in [0.05, 0.1) is 12.0 Å². The van der Waals surface area contributed by atoms with E-state index in [0.29, 0.717) is 0 Å². The van der Waals surface area contributed by atoms with Crippen molar-refractivity contribution in [3.8, 4) is 0 Å². The van der Waals surface area contributed by atoms with E-state index in [1.165, 1.54) is 25.8 Å². The lowest BCUT2D eigenvalue weighted by atomic mass is 9.77. The number of aliphatic carboxylic acids is 1. The molecule has 0 atom stereocenters. The minimum Gasteiger partial charge on any atom is -0.480 e. The molecule has 5 heteroatoms. The summed E-state index contributed by atoms with van der Waals surface area (Å²) in [7, 11) is 3.13. The van der Waals surface area contributed by atoms with Gasteiger partial charge in [0, 0.05) is 14.2 Å². The van der Waals surface area contributed by atoms with Crippen LogP contribution in [0, 0.1) is 0 Å². The molecule has 1 amide bonds. The Morgan fingerprint density at radius 1 is 1.41 bits per heavy atom. The number of carbonyl (C=O) groups excluding carboxylic acids is 1. The lowest BCUT2D eigenvalue weighted by Crippen LogP contribution is -2.53. The molecule has 17 heavy (non-hydrogen) atoms. The van der Waals surface area contributed by atoms with E-state index in [0.717, 1.165) is 19.3 Å². The number of carboxylic acids is 1. The van der Waals surface area contributed by atoms with Crippen LogP contribution in [-0.4, -0.2) is 47.2 Å². The molecule has 1 N–H and O–H groups in total. The number of carboxylic acid groups (broad SMARTS) is 1. The highest BCUT2D eigenvalue weighted by atomic mass is 16.5. The van der Waals surface area contributed by atoms with Gasteiger partial charge < -0.3 is 14.7 Å². The Balaban J connectivity index is 2.67. The standard InChI is InChI=1S/C12H21NO4/c1-11(2,10(15)16)13(3)9(14)8-12(17-4)6-5-7-12/h5-8H2,1-4H3,(H,15,16). The van der Waals surface area contributed by atoms with Gasteiger partial charge in [-0.3, -0.25) is 4.79 Å². The fourth-order valence-corrected chi connectivity index (χ4v) is 1.87. The molecular formula is C12H21NO4. The Morgan fingerprint density at radius 2 is 1.94 bits per heavy atom. The van der Waals surface area contributed by atoms with Crippen LogP contribution >= 0.6 is 0 Å². The van der Waals surface area contributed by atoms with Crippen molar-refractivity contribution in [1.82, 2.24) is 4.90 Å². The maximum Gasteiger partial charge on any atom is 0.329 e. The van der Waals surface area contributed by atoms with Gasteiger partial charge in [0.2, 0.25) is 5.91 Å². The van der Waals surface area contributed by atoms with Gasteiger partial charge in [0.25, 0.3) is 0 Å². The van der Waals surface area contributed by atoms with E-state index >= 15 is 0 Å². The number of amides is 1. The van der Waals surface area contributed by atoms with Crippen LogP contribution in [0.3, 0.4) is 0 Å². The van der Waals surface area contributed by atoms with Crippen LogP contribution in [0.2, 0.25) is 0 Å². The summed E-state index contributed by atoms with van der Waals surface area (Å²) in [5.74, 6) is -1.19. The predicted octanol–water partition coefficient (Wildman–Crippen LogP) is 1.27. The molecule has 1 saturated carbocycles. The average molecular weight is 243 g/mol. The number of hydrogen-bond donors (Lipinski definition) is 1. The molecule has 0 unspecified atom stereocenters. The monoisotopic (exact) mass is 243 g/mol. The van der Waals surface area contributed by atoms with Gasteiger partial charge in [-0.1, -0.05) is 0 Å². The van der Waals surface area contributed by atoms with E-state index in [1.807, 2.05) is 0 Å². The zero-order valence-electron chi connectivity index (χ0n) is 10.9. The maximum absolute atomic E-state index is 12.0. The van der Waals surface area contributed by atoms with Crippen molar-refractivity contribution in [2.24, 2.45) is 0 Å². The lowest BCUT2D eigenvalue weighted by molar-refractivity contribution is -0.160. The Bertz CT molecular complexity index is 315. The largest absolute Gasteiger partial charge is 0.480 e. The highest BCUT2D eigenvalue weighted by molar-refractivity contribution is 5.86. The lowest BCUT2D eigenvalue weighted by Gasteiger charge is -2.42. The van der Waals surface area contributed by atoms with E-state index in [-0.39, 0.29) is 17.9 Å². The van der Waals surface area contributed by atoms with Gasteiger partial charge in [0.15, 0.2) is 0 Å². The molecule has 0 heterocycles. The van der Waals surface area contributed by atoms with Crippen LogP contribution < -0.4 is 0 Å². The van der Waals surface area contributed by atoms with Crippen molar-refractivity contribution in [3.05, 3.63) is 0 Å². The van der Waals surface area contributed by atoms with Crippen LogP contribution in [0.1, 0.15) is 39.5 Å². The molecule has 1 fully saturated rings. The molecule has 0 bridgehead atoms. The first-order valence-corrected chi connectivity index (χ1v) is 5.80. The second-order valence-corrected chi connectivity index (χ2v) is 5.23. The summed E-state index contributed by atoms with van der Waals surface area (Å²) in [6.45, 7) is 3.04. The molecule has 1 aliphatic carbocycles. The van der Waals surface area contributed by atoms with Crippen LogP contribution in [0.4, 0.5) is 0 Å². The molecule has 0 saturated heterocycles. The number of carbonyl (C=O) groups is 2. The summed E-state index contributed by atoms with van der Waals surface area (Å²) >= 11 is 0. The van der Waals surface area contributed by atoms with Crippen molar-refractivity contribution < 1.29 is 19.4 Å². The molecule has 5 nitrogen and oxygen atoms in total. The summed E-state index contributed by atoms with van der Waals surface area (Å²) < 4.78 is 5.37. The van der Waals surface area contributed by atoms with E-state index in [9.17, 15) is 9.59 Å². The topological polar surface area (TPSA) is 66.8 Å². The summed E-state index contributed by atoms with van der Waals surface area (Å²) in [6, 6.07) is 0. The zero-order chi connectivity index (χ0) is 13.3. The van der Waals surface area contributed by atoms with Crippen molar-refractivity contribution in [3.63, 3.8) is 0 Å². The first kappa shape index (κ1) is 14.0. The molecule has 0 aromatic heterocycles. The Morgan fingerprint density at radius 3 is 2.24 bits per heavy atom. The number of rotatable bonds is 5. The maximum atomic E-state index is 12.0. The third-order valence-corrected chi connectivity index (χ3v) is 3.91. The quantitative estimate of drug-likeness (QED) is 0.789. The fourth-order valence-electron chi connectivity index (χ4n) is 1.87. The summed E-state index contributed by atoms with van der Waals surface area (Å²) in [4.78, 5) is 24.4. The van der Waals surface area contributed by atoms with Crippen LogP contribution in [-0.2, 0) is 14.3 Å². The van der Waals surface area contributed by atoms with Crippen molar-refractivity contribution >= 4 is 11.9 Å². The van der Waals surface area contributed by atoms with E-state index in [2.05, 4.69) is 0 Å². The van der Waals surface area contributed by atoms with E-state index in [4.69, 9.17) is 9.84 Å². The molecule has 0 radical (unpaired) electrons. The van der Waals surface area contributed by atoms with E-state index in [1.54, 1.807) is 7.11 Å². The first-order valence-electron chi connectivity index (χ1n) is 5.80. The highest BCUT2D eigenvalue weighted by Crippen LogP contribution is 2.38. The molecule has 0 aromatic rings. The Hall–Kier alpha value is -1.10. The first-order chi connectivity index (χ1) is 7.75. The minimum absolute atomic E-state index is 0.182. The number of nitrogens with zero attached hydrogens (tertiary/aromatic N) is 1. The van der Waals surface area contributed by atoms with Gasteiger partial charge >= 0.3 is 5.97 Å². The van der Waals surface area contributed by atoms with Crippen molar-refractivity contribution in [2.75, 3.05) is 14.2 Å². The molecular weight excluding hydrogens is 222 g/mol. The number of likely N-dealkylation sites (N-methyl/N-ethyl adjacent to an activating group) is 1. The van der Waals surface area contributed by atoms with Crippen LogP contribution in [0.15, 0.2) is 0 Å². The van der Waals surface area contributed by atoms with Gasteiger partial charge in [-0.25, -0.2) is 4.79 Å². The van der Waals surface area contributed by atoms with Gasteiger partial charge in [-0.05, 0) is 33.1 Å². The molecule has 0 aliphatic heterocycles. The van der Waals surface area contributed by atoms with Gasteiger partial charge in [-0.15, -0.1) is 0 Å². The molecule has 98 valence electrons. The molecule has 0 spiro atoms. The van der Waals surface area contributed by atoms with Crippen LogP contribution in [0.5, 0.6) is 0 Å². The third kappa shape index (κ3) is 2.60. The SMILES string of the molecule is COC1(CC(=O)N(C)C(C)(C)C(=O)O)CCC1. The molecule has 0 aromatic carbocycles. The fraction of sp³-hybridized carbons (Fsp3) is 0.833. The summed E-state index contributed by atoms with van der Waals surface area (Å²) in [5, 5.41) is 9.06. The second kappa shape index (κ2) is 4.64. The summed E-state index contributed by atoms with van der Waals surface area (Å²) in [5.41, 5.74) is -1.55. The van der Waals surface area contributed by atoms with Gasteiger partial charge in [0.1, 0.15) is 5.54 Å². The minimum atomic E-state index is -1.18. The number of hydrogen-bond acceptors (Lipinski definition) is 3. The smallest absolute Gasteiger partial charge is 0.329 e. The van der Waals surface area contributed by atoms with Crippen molar-refractivity contribution in [1.29, 1.82) is 0 Å². The number of ether oxygens (including phenoxy) is 1.